The van der Waals surface area contributed by atoms with Gasteiger partial charge >= 0.3 is 11.0 Å². The number of unbranched alkanes of at least 4 members (excludes halogenated alkanes) is 7. The van der Waals surface area contributed by atoms with Gasteiger partial charge in [0.05, 0.1) is 20.2 Å². The third kappa shape index (κ3) is 14.4. The van der Waals surface area contributed by atoms with Gasteiger partial charge in [-0.05, 0) is 12.8 Å². The predicted molar refractivity (Wildman–Crippen MR) is 99.6 cm³/mol. The second-order valence-electron chi connectivity index (χ2n) is 6.57. The van der Waals surface area contributed by atoms with E-state index < -0.39 is 31.1 Å². The van der Waals surface area contributed by atoms with E-state index in [0.717, 1.165) is 10.7 Å². The van der Waals surface area contributed by atoms with Gasteiger partial charge in [0, 0.05) is 0 Å². The second kappa shape index (κ2) is 14.4. The monoisotopic (exact) mass is 496 g/mol. The molecule has 0 aliphatic carbocycles. The third-order valence-electron chi connectivity index (χ3n) is 3.78. The highest BCUT2D eigenvalue weighted by Gasteiger charge is 2.46. The van der Waals surface area contributed by atoms with E-state index in [4.69, 9.17) is 5.11 Å². The minimum Gasteiger partial charge on any atom is -0.421 e. The van der Waals surface area contributed by atoms with Crippen molar-refractivity contribution in [1.29, 1.82) is 0 Å². The van der Waals surface area contributed by atoms with Crippen LogP contribution in [-0.4, -0.2) is 59.7 Å². The first-order valence-electron chi connectivity index (χ1n) is 9.30. The number of halogens is 6. The fourth-order valence-electron chi connectivity index (χ4n) is 2.09. The Labute approximate surface area is 173 Å². The first-order valence-corrected chi connectivity index (χ1v) is 12.2. The van der Waals surface area contributed by atoms with E-state index in [-0.39, 0.29) is 0 Å². The summed E-state index contributed by atoms with van der Waals surface area (Å²) in [6, 6.07) is 0. The molecule has 0 spiro atoms. The zero-order valence-corrected chi connectivity index (χ0v) is 18.5. The number of alkyl halides is 6. The maximum Gasteiger partial charge on any atom is 0.480 e. The van der Waals surface area contributed by atoms with Crippen molar-refractivity contribution in [2.75, 3.05) is 26.7 Å². The van der Waals surface area contributed by atoms with Crippen molar-refractivity contribution >= 4 is 20.0 Å². The number of aliphatic hydroxyl groups excluding tert-OH is 1. The highest BCUT2D eigenvalue weighted by molar-refractivity contribution is 8.13. The van der Waals surface area contributed by atoms with E-state index in [2.05, 4.69) is 14.0 Å². The molecule has 7 nitrogen and oxygen atoms in total. The van der Waals surface area contributed by atoms with Crippen LogP contribution >= 0.6 is 0 Å². The molecule has 0 aromatic rings. The van der Waals surface area contributed by atoms with Gasteiger partial charge < -0.3 is 14.1 Å². The Bertz CT molecular complexity index is 609. The van der Waals surface area contributed by atoms with Crippen molar-refractivity contribution in [3.05, 3.63) is 4.13 Å². The van der Waals surface area contributed by atoms with E-state index >= 15 is 0 Å². The van der Waals surface area contributed by atoms with Crippen LogP contribution in [0, 0.1) is 0 Å². The van der Waals surface area contributed by atoms with Crippen molar-refractivity contribution in [2.45, 2.75) is 69.3 Å². The number of sulfonamides is 2. The standard InChI is InChI=1S/C13H29NO.C2F6NO4S2/c1-3-4-5-6-7-8-9-10-11-14(2)12-13-15;3-1(4,5)14(10,11)9-15(12,13)2(6,7)8/h15H,3-13H2,1-2H3;/q;-1/p+1. The van der Waals surface area contributed by atoms with Crippen molar-refractivity contribution in [3.8, 4) is 0 Å². The minimum atomic E-state index is -6.72. The van der Waals surface area contributed by atoms with Crippen LogP contribution in [0.4, 0.5) is 26.3 Å². The average Bonchev–Trinajstić information content (AvgIpc) is 2.55. The molecule has 0 rings (SSSR count). The zero-order chi connectivity index (χ0) is 24.1. The van der Waals surface area contributed by atoms with Crippen LogP contribution in [0.2, 0.25) is 0 Å². The molecule has 0 fully saturated rings. The summed E-state index contributed by atoms with van der Waals surface area (Å²) < 4.78 is 109. The Kier molecular flexibility index (Phi) is 15.2. The SMILES string of the molecule is CCCCCCCCCC[NH+](C)CCO.O=S(=O)([N-]S(=O)(=O)C(F)(F)F)C(F)(F)F. The van der Waals surface area contributed by atoms with Crippen molar-refractivity contribution in [2.24, 2.45) is 0 Å². The molecule has 0 aromatic heterocycles. The molecule has 0 aliphatic heterocycles. The molecular formula is C15H30F6N2O5S2. The molecule has 2 N–H and O–H groups in total. The van der Waals surface area contributed by atoms with Gasteiger partial charge in [-0.3, -0.25) is 0 Å². The lowest BCUT2D eigenvalue weighted by Gasteiger charge is -2.22. The van der Waals surface area contributed by atoms with Crippen molar-refractivity contribution < 1.29 is 53.2 Å². The van der Waals surface area contributed by atoms with E-state index in [0.29, 0.717) is 6.61 Å². The molecule has 0 aliphatic rings. The highest BCUT2D eigenvalue weighted by atomic mass is 32.3. The predicted octanol–water partition coefficient (Wildman–Crippen LogP) is 2.69. The van der Waals surface area contributed by atoms with Gasteiger partial charge in [-0.25, -0.2) is 16.8 Å². The number of rotatable bonds is 13. The average molecular weight is 497 g/mol. The lowest BCUT2D eigenvalue weighted by atomic mass is 10.1. The van der Waals surface area contributed by atoms with Crippen molar-refractivity contribution in [3.63, 3.8) is 0 Å². The zero-order valence-electron chi connectivity index (χ0n) is 16.9. The lowest BCUT2D eigenvalue weighted by molar-refractivity contribution is -0.880. The van der Waals surface area contributed by atoms with Crippen molar-refractivity contribution in [1.82, 2.24) is 0 Å². The van der Waals surface area contributed by atoms with E-state index in [9.17, 15) is 43.2 Å². The number of hydrogen-bond donors (Lipinski definition) is 2. The summed E-state index contributed by atoms with van der Waals surface area (Å²) in [5, 5.41) is 8.74. The van der Waals surface area contributed by atoms with Crippen LogP contribution < -0.4 is 4.90 Å². The van der Waals surface area contributed by atoms with Crippen LogP contribution in [0.15, 0.2) is 0 Å². The molecule has 0 heterocycles. The van der Waals surface area contributed by atoms with Gasteiger partial charge in [0.25, 0.3) is 0 Å². The number of nitrogens with one attached hydrogen (secondary N) is 1. The summed E-state index contributed by atoms with van der Waals surface area (Å²) in [5.41, 5.74) is -12.4. The van der Waals surface area contributed by atoms with Crippen LogP contribution in [0.3, 0.4) is 0 Å². The topological polar surface area (TPSA) is 107 Å². The maximum atomic E-state index is 11.4. The van der Waals surface area contributed by atoms with Gasteiger partial charge in [0.15, 0.2) is 20.0 Å². The number of quaternary nitrogens is 1. The van der Waals surface area contributed by atoms with E-state index in [1.807, 2.05) is 0 Å². The fourth-order valence-corrected chi connectivity index (χ4v) is 3.80. The summed E-state index contributed by atoms with van der Waals surface area (Å²) in [4.78, 5) is 1.46. The summed E-state index contributed by atoms with van der Waals surface area (Å²) in [7, 11) is -11.3. The van der Waals surface area contributed by atoms with Crippen LogP contribution in [-0.2, 0) is 20.0 Å². The van der Waals surface area contributed by atoms with Gasteiger partial charge in [-0.1, -0.05) is 45.4 Å². The largest absolute Gasteiger partial charge is 0.480 e. The third-order valence-corrected chi connectivity index (χ3v) is 6.52. The molecule has 1 unspecified atom stereocenters. The van der Waals surface area contributed by atoms with Crippen LogP contribution in [0.1, 0.15) is 58.3 Å². The molecule has 0 saturated carbocycles. The lowest BCUT2D eigenvalue weighted by Crippen LogP contribution is -3.09. The fraction of sp³-hybridized carbons (Fsp3) is 1.00. The normalized spacial score (nSPS) is 14.2. The number of aliphatic hydroxyl groups is 1. The summed E-state index contributed by atoms with van der Waals surface area (Å²) in [6.07, 6.45) is 11.1. The Morgan fingerprint density at radius 3 is 1.43 bits per heavy atom. The number of nitrogens with zero attached hydrogens (tertiary/aromatic N) is 1. The first-order chi connectivity index (χ1) is 13.5. The van der Waals surface area contributed by atoms with Gasteiger partial charge in [-0.2, -0.15) is 26.3 Å². The van der Waals surface area contributed by atoms with Gasteiger partial charge in [-0.15, -0.1) is 0 Å². The maximum absolute atomic E-state index is 11.4. The highest BCUT2D eigenvalue weighted by Crippen LogP contribution is 2.36. The molecule has 1 atom stereocenters. The Hall–Kier alpha value is -0.640. The Morgan fingerprint density at radius 1 is 0.733 bits per heavy atom. The second-order valence-corrected chi connectivity index (χ2v) is 9.99. The first kappa shape index (κ1) is 31.5. The Morgan fingerprint density at radius 2 is 1.10 bits per heavy atom. The Balaban J connectivity index is 0. The minimum absolute atomic E-state index is 0.322. The molecular weight excluding hydrogens is 466 g/mol. The van der Waals surface area contributed by atoms with E-state index in [1.165, 1.54) is 62.8 Å². The van der Waals surface area contributed by atoms with Crippen LogP contribution in [0.25, 0.3) is 4.13 Å². The van der Waals surface area contributed by atoms with E-state index in [1.54, 1.807) is 0 Å². The molecule has 0 saturated heterocycles. The molecule has 0 bridgehead atoms. The van der Waals surface area contributed by atoms with Gasteiger partial charge in [0.1, 0.15) is 6.54 Å². The molecule has 184 valence electrons. The smallest absolute Gasteiger partial charge is 0.421 e. The molecule has 0 amide bonds. The number of likely N-dealkylation sites (N-methyl/N-ethyl adjacent to an activating group) is 1. The molecule has 0 radical (unpaired) electrons. The molecule has 15 heteroatoms. The molecule has 0 aromatic carbocycles. The number of hydrogen-bond acceptors (Lipinski definition) is 5. The quantitative estimate of drug-likeness (QED) is 0.301. The summed E-state index contributed by atoms with van der Waals surface area (Å²) in [5.74, 6) is 0. The van der Waals surface area contributed by atoms with Crippen LogP contribution in [0.5, 0.6) is 0 Å². The molecule has 30 heavy (non-hydrogen) atoms. The summed E-state index contributed by atoms with van der Waals surface area (Å²) >= 11 is 0. The summed E-state index contributed by atoms with van der Waals surface area (Å²) in [6.45, 7) is 4.70. The van der Waals surface area contributed by atoms with Gasteiger partial charge in [0.2, 0.25) is 0 Å².